The molecular weight excluding hydrogens is 554 g/mol. The lowest BCUT2D eigenvalue weighted by atomic mass is 10.1. The number of anilines is 1. The zero-order chi connectivity index (χ0) is 29.6. The molecule has 4 aromatic rings. The first-order chi connectivity index (χ1) is 19.5. The van der Waals surface area contributed by atoms with Gasteiger partial charge < -0.3 is 10.0 Å². The molecule has 6 nitrogen and oxygen atoms in total. The molecule has 0 saturated heterocycles. The third-order valence-corrected chi connectivity index (χ3v) is 9.64. The lowest BCUT2D eigenvalue weighted by molar-refractivity contribution is 0.332. The van der Waals surface area contributed by atoms with E-state index in [1.807, 2.05) is 75.5 Å². The molecule has 8 heteroatoms. The summed E-state index contributed by atoms with van der Waals surface area (Å²) in [5.41, 5.74) is 5.83. The van der Waals surface area contributed by atoms with E-state index >= 15 is 0 Å². The van der Waals surface area contributed by atoms with Gasteiger partial charge in [-0.25, -0.2) is 8.42 Å². The highest BCUT2D eigenvalue weighted by atomic mass is 35.5. The summed E-state index contributed by atoms with van der Waals surface area (Å²) in [6, 6.07) is 22.1. The molecule has 0 bridgehead atoms. The first kappa shape index (κ1) is 30.6. The first-order valence-corrected chi connectivity index (χ1v) is 15.6. The number of nitrogens with zero attached hydrogens (tertiary/aromatic N) is 3. The van der Waals surface area contributed by atoms with Crippen molar-refractivity contribution in [3.63, 3.8) is 0 Å². The van der Waals surface area contributed by atoms with E-state index in [4.69, 9.17) is 11.6 Å². The topological polar surface area (TPSA) is 73.7 Å². The van der Waals surface area contributed by atoms with Crippen molar-refractivity contribution in [1.82, 2.24) is 9.88 Å². The number of pyridine rings is 1. The Morgan fingerprint density at radius 3 is 2.22 bits per heavy atom. The van der Waals surface area contributed by atoms with Gasteiger partial charge in [0.25, 0.3) is 10.0 Å². The van der Waals surface area contributed by atoms with Gasteiger partial charge in [-0.3, -0.25) is 9.29 Å². The number of hydrogen-bond donors (Lipinski definition) is 1. The molecule has 0 atom stereocenters. The molecule has 0 saturated carbocycles. The van der Waals surface area contributed by atoms with Crippen LogP contribution in [-0.2, 0) is 29.4 Å². The summed E-state index contributed by atoms with van der Waals surface area (Å²) in [4.78, 5) is 7.01. The molecule has 216 valence electrons. The molecule has 0 spiro atoms. The van der Waals surface area contributed by atoms with E-state index in [9.17, 15) is 13.5 Å². The predicted molar refractivity (Wildman–Crippen MR) is 167 cm³/mol. The van der Waals surface area contributed by atoms with E-state index in [-0.39, 0.29) is 12.3 Å². The van der Waals surface area contributed by atoms with Gasteiger partial charge in [0, 0.05) is 29.9 Å². The monoisotopic (exact) mass is 591 g/mol. The van der Waals surface area contributed by atoms with Gasteiger partial charge in [-0.1, -0.05) is 53.6 Å². The van der Waals surface area contributed by atoms with Crippen LogP contribution in [0.4, 0.5) is 5.69 Å². The van der Waals surface area contributed by atoms with Crippen LogP contribution in [0.25, 0.3) is 0 Å². The number of aromatic nitrogens is 1. The number of hydrogen-bond acceptors (Lipinski definition) is 5. The number of benzene rings is 3. The highest BCUT2D eigenvalue weighted by Crippen LogP contribution is 2.33. The molecule has 0 fully saturated rings. The fourth-order valence-corrected chi connectivity index (χ4v) is 7.26. The average Bonchev–Trinajstić information content (AvgIpc) is 2.92. The Hall–Kier alpha value is -3.39. The lowest BCUT2D eigenvalue weighted by Crippen LogP contribution is -2.32. The Morgan fingerprint density at radius 1 is 0.878 bits per heavy atom. The van der Waals surface area contributed by atoms with Gasteiger partial charge in [-0.05, 0) is 106 Å². The minimum Gasteiger partial charge on any atom is -0.508 e. The van der Waals surface area contributed by atoms with Crippen molar-refractivity contribution in [2.45, 2.75) is 51.5 Å². The lowest BCUT2D eigenvalue weighted by Gasteiger charge is -2.27. The van der Waals surface area contributed by atoms with E-state index in [1.54, 1.807) is 6.07 Å². The zero-order valence-electron chi connectivity index (χ0n) is 24.1. The molecule has 41 heavy (non-hydrogen) atoms. The number of halogens is 1. The van der Waals surface area contributed by atoms with Gasteiger partial charge in [0.2, 0.25) is 0 Å². The van der Waals surface area contributed by atoms with Crippen LogP contribution in [0.5, 0.6) is 5.75 Å². The fourth-order valence-electron chi connectivity index (χ4n) is 5.16. The minimum atomic E-state index is -3.93. The van der Waals surface area contributed by atoms with Crippen molar-refractivity contribution in [2.24, 2.45) is 0 Å². The third kappa shape index (κ3) is 7.88. The predicted octanol–water partition coefficient (Wildman–Crippen LogP) is 6.87. The molecule has 0 radical (unpaired) electrons. The maximum atomic E-state index is 14.2. The van der Waals surface area contributed by atoms with E-state index in [1.165, 1.54) is 16.4 Å². The van der Waals surface area contributed by atoms with E-state index < -0.39 is 10.0 Å². The SMILES string of the molecule is Cc1cc(C)c(S(=O)(=O)N(Cc2ccc(O)cc2Cl)c2ccc(CCCN(C)CCc3ccccn3)cc2)c(C)c1. The quantitative estimate of drug-likeness (QED) is 0.195. The average molecular weight is 592 g/mol. The minimum absolute atomic E-state index is 0.0325. The Bertz CT molecular complexity index is 1550. The number of aryl methyl sites for hydroxylation is 4. The highest BCUT2D eigenvalue weighted by molar-refractivity contribution is 7.92. The summed E-state index contributed by atoms with van der Waals surface area (Å²) >= 11 is 6.42. The van der Waals surface area contributed by atoms with Crippen LogP contribution in [0.2, 0.25) is 5.02 Å². The van der Waals surface area contributed by atoms with Gasteiger partial charge in [0.05, 0.1) is 17.1 Å². The standard InChI is InChI=1S/C33H38ClN3O3S/c1-24-20-25(2)33(26(3)21-24)41(39,40)37(23-28-12-15-31(38)22-32(28)34)30-13-10-27(11-14-30)8-7-18-36(4)19-16-29-9-5-6-17-35-29/h5-6,9-15,17,20-22,38H,7-8,16,18-19,23H2,1-4H3. The number of phenolic OH excluding ortho intramolecular Hbond substituents is 1. The summed E-state index contributed by atoms with van der Waals surface area (Å²) in [7, 11) is -1.80. The molecule has 0 aliphatic carbocycles. The van der Waals surface area contributed by atoms with Gasteiger partial charge in [-0.15, -0.1) is 0 Å². The Labute approximate surface area is 249 Å². The fraction of sp³-hybridized carbons (Fsp3) is 0.303. The van der Waals surface area contributed by atoms with Crippen LogP contribution in [0.15, 0.2) is 83.9 Å². The van der Waals surface area contributed by atoms with Gasteiger partial charge >= 0.3 is 0 Å². The Balaban J connectivity index is 1.52. The third-order valence-electron chi connectivity index (χ3n) is 7.21. The van der Waals surface area contributed by atoms with Gasteiger partial charge in [0.1, 0.15) is 5.75 Å². The van der Waals surface area contributed by atoms with Crippen molar-refractivity contribution in [3.8, 4) is 5.75 Å². The first-order valence-electron chi connectivity index (χ1n) is 13.8. The normalized spacial score (nSPS) is 11.7. The smallest absolute Gasteiger partial charge is 0.265 e. The number of phenols is 1. The number of aromatic hydroxyl groups is 1. The molecular formula is C33H38ClN3O3S. The number of rotatable bonds is 12. The van der Waals surface area contributed by atoms with Crippen molar-refractivity contribution < 1.29 is 13.5 Å². The van der Waals surface area contributed by atoms with Crippen LogP contribution in [0, 0.1) is 20.8 Å². The summed E-state index contributed by atoms with van der Waals surface area (Å²) in [6.07, 6.45) is 4.63. The van der Waals surface area contributed by atoms with Crippen LogP contribution in [0.3, 0.4) is 0 Å². The zero-order valence-corrected chi connectivity index (χ0v) is 25.7. The molecule has 1 aromatic heterocycles. The maximum Gasteiger partial charge on any atom is 0.265 e. The van der Waals surface area contributed by atoms with E-state index in [0.717, 1.165) is 49.2 Å². The van der Waals surface area contributed by atoms with Crippen LogP contribution in [0.1, 0.15) is 39.9 Å². The summed E-state index contributed by atoms with van der Waals surface area (Å²) in [5, 5.41) is 10.1. The van der Waals surface area contributed by atoms with E-state index in [0.29, 0.717) is 32.3 Å². The second-order valence-corrected chi connectivity index (χ2v) is 12.9. The molecule has 3 aromatic carbocycles. The Kier molecular flexibility index (Phi) is 10.1. The summed E-state index contributed by atoms with van der Waals surface area (Å²) in [5.74, 6) is 0.0325. The van der Waals surface area contributed by atoms with Crippen molar-refractivity contribution in [1.29, 1.82) is 0 Å². The van der Waals surface area contributed by atoms with Crippen molar-refractivity contribution >= 4 is 27.3 Å². The van der Waals surface area contributed by atoms with Crippen LogP contribution < -0.4 is 4.31 Å². The molecule has 0 unspecified atom stereocenters. The number of sulfonamides is 1. The molecule has 0 aliphatic rings. The maximum absolute atomic E-state index is 14.2. The van der Waals surface area contributed by atoms with Crippen molar-refractivity contribution in [2.75, 3.05) is 24.4 Å². The second-order valence-electron chi connectivity index (χ2n) is 10.7. The molecule has 4 rings (SSSR count). The van der Waals surface area contributed by atoms with Gasteiger partial charge in [0.15, 0.2) is 0 Å². The number of likely N-dealkylation sites (N-methyl/N-ethyl adjacent to an activating group) is 1. The Morgan fingerprint density at radius 2 is 1.59 bits per heavy atom. The second kappa shape index (κ2) is 13.5. The molecule has 0 aliphatic heterocycles. The van der Waals surface area contributed by atoms with Crippen molar-refractivity contribution in [3.05, 3.63) is 118 Å². The highest BCUT2D eigenvalue weighted by Gasteiger charge is 2.29. The summed E-state index contributed by atoms with van der Waals surface area (Å²) < 4.78 is 29.8. The largest absolute Gasteiger partial charge is 0.508 e. The molecule has 0 amide bonds. The molecule has 1 N–H and O–H groups in total. The molecule has 1 heterocycles. The van der Waals surface area contributed by atoms with Crippen LogP contribution >= 0.6 is 11.6 Å². The van der Waals surface area contributed by atoms with Crippen LogP contribution in [-0.4, -0.2) is 43.5 Å². The summed E-state index contributed by atoms with van der Waals surface area (Å²) in [6.45, 7) is 7.56. The van der Waals surface area contributed by atoms with E-state index in [2.05, 4.69) is 23.0 Å². The van der Waals surface area contributed by atoms with Gasteiger partial charge in [-0.2, -0.15) is 0 Å².